The van der Waals surface area contributed by atoms with Gasteiger partial charge in [0.25, 0.3) is 0 Å². The Labute approximate surface area is 78.9 Å². The van der Waals surface area contributed by atoms with E-state index in [-0.39, 0.29) is 17.6 Å². The van der Waals surface area contributed by atoms with E-state index in [1.807, 2.05) is 0 Å². The maximum atomic E-state index is 10.9. The molecule has 2 atom stereocenters. The fourth-order valence-electron chi connectivity index (χ4n) is 1.10. The molecule has 0 aromatic rings. The van der Waals surface area contributed by atoms with E-state index in [9.17, 15) is 9.90 Å². The largest absolute Gasteiger partial charge is 0.392 e. The van der Waals surface area contributed by atoms with Crippen LogP contribution in [0, 0.1) is 5.92 Å². The van der Waals surface area contributed by atoms with Gasteiger partial charge in [0.05, 0.1) is 12.0 Å². The van der Waals surface area contributed by atoms with Gasteiger partial charge in [-0.3, -0.25) is 4.79 Å². The maximum absolute atomic E-state index is 10.9. The van der Waals surface area contributed by atoms with Gasteiger partial charge in [0.15, 0.2) is 0 Å². The van der Waals surface area contributed by atoms with Crippen molar-refractivity contribution in [2.75, 3.05) is 5.88 Å². The molecule has 0 amide bonds. The van der Waals surface area contributed by atoms with Crippen LogP contribution in [0.5, 0.6) is 0 Å². The lowest BCUT2D eigenvalue weighted by molar-refractivity contribution is -0.123. The molecule has 0 aliphatic rings. The summed E-state index contributed by atoms with van der Waals surface area (Å²) in [6, 6.07) is 0. The highest BCUT2D eigenvalue weighted by Gasteiger charge is 2.21. The lowest BCUT2D eigenvalue weighted by Crippen LogP contribution is -2.28. The molecule has 0 rings (SSSR count). The lowest BCUT2D eigenvalue weighted by atomic mass is 9.96. The van der Waals surface area contributed by atoms with Crippen LogP contribution < -0.4 is 0 Å². The van der Waals surface area contributed by atoms with Gasteiger partial charge in [0.1, 0.15) is 5.78 Å². The third-order valence-corrected chi connectivity index (χ3v) is 2.34. The quantitative estimate of drug-likeness (QED) is 0.654. The highest BCUT2D eigenvalue weighted by atomic mass is 35.5. The average Bonchev–Trinajstić information content (AvgIpc) is 2.01. The summed E-state index contributed by atoms with van der Waals surface area (Å²) in [5, 5.41) is 9.51. The van der Waals surface area contributed by atoms with Crippen molar-refractivity contribution >= 4 is 17.4 Å². The van der Waals surface area contributed by atoms with Gasteiger partial charge < -0.3 is 5.11 Å². The monoisotopic (exact) mass is 192 g/mol. The van der Waals surface area contributed by atoms with E-state index in [0.29, 0.717) is 6.42 Å². The van der Waals surface area contributed by atoms with Crippen molar-refractivity contribution in [2.24, 2.45) is 5.92 Å². The van der Waals surface area contributed by atoms with Crippen molar-refractivity contribution < 1.29 is 9.90 Å². The second kappa shape index (κ2) is 6.44. The average molecular weight is 193 g/mol. The van der Waals surface area contributed by atoms with Crippen LogP contribution in [-0.2, 0) is 4.79 Å². The molecule has 0 fully saturated rings. The van der Waals surface area contributed by atoms with Crippen LogP contribution in [0.2, 0.25) is 0 Å². The first kappa shape index (κ1) is 11.9. The SMILES string of the molecule is CCCCC(O)C(CCl)C(C)=O. The molecular weight excluding hydrogens is 176 g/mol. The predicted octanol–water partition coefficient (Wildman–Crippen LogP) is 1.98. The third-order valence-electron chi connectivity index (χ3n) is 2.01. The Morgan fingerprint density at radius 1 is 1.58 bits per heavy atom. The molecule has 0 aromatic heterocycles. The minimum Gasteiger partial charge on any atom is -0.392 e. The zero-order chi connectivity index (χ0) is 9.56. The van der Waals surface area contributed by atoms with E-state index < -0.39 is 6.10 Å². The van der Waals surface area contributed by atoms with E-state index in [1.165, 1.54) is 6.92 Å². The van der Waals surface area contributed by atoms with Gasteiger partial charge in [-0.1, -0.05) is 19.8 Å². The molecule has 12 heavy (non-hydrogen) atoms. The minimum absolute atomic E-state index is 0.0198. The van der Waals surface area contributed by atoms with Gasteiger partial charge >= 0.3 is 0 Å². The molecule has 0 heterocycles. The van der Waals surface area contributed by atoms with Crippen molar-refractivity contribution in [2.45, 2.75) is 39.2 Å². The van der Waals surface area contributed by atoms with Gasteiger partial charge in [0, 0.05) is 5.88 Å². The first-order valence-electron chi connectivity index (χ1n) is 4.38. The zero-order valence-electron chi connectivity index (χ0n) is 7.72. The minimum atomic E-state index is -0.556. The lowest BCUT2D eigenvalue weighted by Gasteiger charge is -2.17. The molecule has 1 N–H and O–H groups in total. The second-order valence-corrected chi connectivity index (χ2v) is 3.39. The van der Waals surface area contributed by atoms with Crippen LogP contribution in [0.25, 0.3) is 0 Å². The summed E-state index contributed by atoms with van der Waals surface area (Å²) < 4.78 is 0. The molecule has 0 aliphatic carbocycles. The van der Waals surface area contributed by atoms with Crippen LogP contribution >= 0.6 is 11.6 Å². The van der Waals surface area contributed by atoms with Crippen LogP contribution in [0.4, 0.5) is 0 Å². The third kappa shape index (κ3) is 4.07. The molecule has 0 saturated carbocycles. The summed E-state index contributed by atoms with van der Waals surface area (Å²) in [5.41, 5.74) is 0. The number of halogens is 1. The van der Waals surface area contributed by atoms with E-state index in [1.54, 1.807) is 0 Å². The summed E-state index contributed by atoms with van der Waals surface area (Å²) in [7, 11) is 0. The number of ketones is 1. The van der Waals surface area contributed by atoms with Gasteiger partial charge in [-0.25, -0.2) is 0 Å². The zero-order valence-corrected chi connectivity index (χ0v) is 8.47. The van der Waals surface area contributed by atoms with Gasteiger partial charge in [-0.05, 0) is 13.3 Å². The molecule has 72 valence electrons. The first-order chi connectivity index (χ1) is 5.63. The Hall–Kier alpha value is -0.0800. The number of rotatable bonds is 6. The Kier molecular flexibility index (Phi) is 6.39. The number of carbonyl (C=O) groups is 1. The number of carbonyl (C=O) groups excluding carboxylic acids is 1. The molecule has 0 aromatic carbocycles. The molecular formula is C9H17ClO2. The van der Waals surface area contributed by atoms with Crippen molar-refractivity contribution in [3.8, 4) is 0 Å². The highest BCUT2D eigenvalue weighted by Crippen LogP contribution is 2.13. The number of Topliss-reactive ketones (excluding diaryl/α,β-unsaturated/α-hetero) is 1. The number of hydrogen-bond donors (Lipinski definition) is 1. The standard InChI is InChI=1S/C9H17ClO2/c1-3-4-5-9(12)8(6-10)7(2)11/h8-9,12H,3-6H2,1-2H3. The maximum Gasteiger partial charge on any atom is 0.136 e. The van der Waals surface area contributed by atoms with Crippen LogP contribution in [0.1, 0.15) is 33.1 Å². The summed E-state index contributed by atoms with van der Waals surface area (Å²) in [6.45, 7) is 3.53. The van der Waals surface area contributed by atoms with E-state index in [0.717, 1.165) is 12.8 Å². The Morgan fingerprint density at radius 2 is 2.17 bits per heavy atom. The molecule has 0 spiro atoms. The number of unbranched alkanes of at least 4 members (excludes halogenated alkanes) is 1. The normalized spacial score (nSPS) is 15.7. The molecule has 2 nitrogen and oxygen atoms in total. The summed E-state index contributed by atoms with van der Waals surface area (Å²) in [6.07, 6.45) is 2.10. The fraction of sp³-hybridized carbons (Fsp3) is 0.889. The number of aliphatic hydroxyl groups is 1. The van der Waals surface area contributed by atoms with Gasteiger partial charge in [-0.15, -0.1) is 11.6 Å². The van der Waals surface area contributed by atoms with Crippen molar-refractivity contribution in [1.82, 2.24) is 0 Å². The number of aliphatic hydroxyl groups excluding tert-OH is 1. The summed E-state index contributed by atoms with van der Waals surface area (Å²) in [4.78, 5) is 10.9. The summed E-state index contributed by atoms with van der Waals surface area (Å²) >= 11 is 5.56. The van der Waals surface area contributed by atoms with Crippen LogP contribution in [-0.4, -0.2) is 22.9 Å². The van der Waals surface area contributed by atoms with E-state index in [4.69, 9.17) is 11.6 Å². The fourth-order valence-corrected chi connectivity index (χ4v) is 1.52. The molecule has 2 unspecified atom stereocenters. The highest BCUT2D eigenvalue weighted by molar-refractivity contribution is 6.19. The molecule has 3 heteroatoms. The van der Waals surface area contributed by atoms with Crippen molar-refractivity contribution in [1.29, 1.82) is 0 Å². The molecule has 0 bridgehead atoms. The predicted molar refractivity (Wildman–Crippen MR) is 50.4 cm³/mol. The Balaban J connectivity index is 3.85. The van der Waals surface area contributed by atoms with Gasteiger partial charge in [-0.2, -0.15) is 0 Å². The first-order valence-corrected chi connectivity index (χ1v) is 4.91. The molecule has 0 radical (unpaired) electrons. The second-order valence-electron chi connectivity index (χ2n) is 3.08. The molecule has 0 aliphatic heterocycles. The Bertz CT molecular complexity index is 136. The van der Waals surface area contributed by atoms with Crippen LogP contribution in [0.3, 0.4) is 0 Å². The van der Waals surface area contributed by atoms with Crippen molar-refractivity contribution in [3.05, 3.63) is 0 Å². The number of hydrogen-bond acceptors (Lipinski definition) is 2. The summed E-state index contributed by atoms with van der Waals surface area (Å²) in [5.74, 6) is -0.174. The van der Waals surface area contributed by atoms with Gasteiger partial charge in [0.2, 0.25) is 0 Å². The van der Waals surface area contributed by atoms with E-state index >= 15 is 0 Å². The van der Waals surface area contributed by atoms with Crippen molar-refractivity contribution in [3.63, 3.8) is 0 Å². The number of alkyl halides is 1. The smallest absolute Gasteiger partial charge is 0.136 e. The van der Waals surface area contributed by atoms with E-state index in [2.05, 4.69) is 6.92 Å². The molecule has 0 saturated heterocycles. The topological polar surface area (TPSA) is 37.3 Å². The Morgan fingerprint density at radius 3 is 2.50 bits per heavy atom. The van der Waals surface area contributed by atoms with Crippen LogP contribution in [0.15, 0.2) is 0 Å².